The average molecular weight is 388 g/mol. The van der Waals surface area contributed by atoms with Crippen LogP contribution in [0.5, 0.6) is 5.75 Å². The number of hydrogen-bond acceptors (Lipinski definition) is 7. The summed E-state index contributed by atoms with van der Waals surface area (Å²) >= 11 is 1.61. The summed E-state index contributed by atoms with van der Waals surface area (Å²) in [6.45, 7) is 6.20. The summed E-state index contributed by atoms with van der Waals surface area (Å²) in [6, 6.07) is 5.09. The first-order valence-corrected chi connectivity index (χ1v) is 10.2. The number of nitrogens with zero attached hydrogens (tertiary/aromatic N) is 3. The van der Waals surface area contributed by atoms with Crippen molar-refractivity contribution in [1.82, 2.24) is 20.5 Å². The Balaban J connectivity index is 1.83. The van der Waals surface area contributed by atoms with Crippen LogP contribution < -0.4 is 15.4 Å². The zero-order valence-corrected chi connectivity index (χ0v) is 17.2. The molecule has 2 aromatic rings. The molecule has 3 rings (SSSR count). The molecule has 2 unspecified atom stereocenters. The van der Waals surface area contributed by atoms with Gasteiger partial charge in [-0.05, 0) is 58.4 Å². The van der Waals surface area contributed by atoms with Gasteiger partial charge in [-0.3, -0.25) is 4.99 Å². The number of hydrogen-bond donors (Lipinski definition) is 2. The summed E-state index contributed by atoms with van der Waals surface area (Å²) in [5.41, 5.74) is 2.95. The maximum Gasteiger partial charge on any atom is 0.155 e. The van der Waals surface area contributed by atoms with Crippen LogP contribution in [-0.4, -0.2) is 63.0 Å². The molecule has 1 fully saturated rings. The summed E-state index contributed by atoms with van der Waals surface area (Å²) in [4.78, 5) is 10.9. The highest BCUT2D eigenvalue weighted by Crippen LogP contribution is 2.40. The Bertz CT molecular complexity index is 747. The number of rotatable bonds is 9. The number of nitrogens with one attached hydrogen (secondary N) is 2. The third-order valence-electron chi connectivity index (χ3n) is 4.68. The van der Waals surface area contributed by atoms with Crippen molar-refractivity contribution in [2.45, 2.75) is 31.5 Å². The van der Waals surface area contributed by atoms with Crippen LogP contribution in [0.15, 0.2) is 28.7 Å². The molecule has 1 aromatic carbocycles. The number of ether oxygens (including phenoxy) is 1. The molecule has 0 saturated carbocycles. The summed E-state index contributed by atoms with van der Waals surface area (Å²) in [6.07, 6.45) is 4.11. The van der Waals surface area contributed by atoms with Crippen molar-refractivity contribution in [2.24, 2.45) is 4.99 Å². The molecule has 0 radical (unpaired) electrons. The van der Waals surface area contributed by atoms with Gasteiger partial charge in [0.15, 0.2) is 5.75 Å². The second-order valence-corrected chi connectivity index (χ2v) is 8.13. The lowest BCUT2D eigenvalue weighted by Gasteiger charge is -2.19. The van der Waals surface area contributed by atoms with E-state index in [4.69, 9.17) is 4.74 Å². The molecule has 7 heteroatoms. The van der Waals surface area contributed by atoms with Crippen molar-refractivity contribution in [1.29, 1.82) is 0 Å². The number of benzene rings is 1. The largest absolute Gasteiger partial charge is 0.489 e. The maximum absolute atomic E-state index is 6.29. The maximum atomic E-state index is 6.29. The highest BCUT2D eigenvalue weighted by Gasteiger charge is 2.24. The molecule has 0 spiro atoms. The van der Waals surface area contributed by atoms with E-state index in [1.165, 1.54) is 12.0 Å². The standard InChI is InChI=1S/C20H29N5OS/c1-21-11-15-5-6-16(24-15)13-26-19-17(20-23-7-8-27-20)9-14(12-25(3)4)10-18(19)22-2/h7-10,15-16,21,24H,2,5-6,11-13H2,1,3-4H3. The second kappa shape index (κ2) is 9.41. The average Bonchev–Trinajstić information content (AvgIpc) is 3.31. The third-order valence-corrected chi connectivity index (χ3v) is 5.48. The van der Waals surface area contributed by atoms with E-state index in [0.29, 0.717) is 18.7 Å². The fraction of sp³-hybridized carbons (Fsp3) is 0.500. The molecule has 0 amide bonds. The van der Waals surface area contributed by atoms with Crippen molar-refractivity contribution in [2.75, 3.05) is 34.3 Å². The van der Waals surface area contributed by atoms with E-state index < -0.39 is 0 Å². The van der Waals surface area contributed by atoms with Crippen molar-refractivity contribution < 1.29 is 4.74 Å². The SMILES string of the molecule is C=Nc1cc(CN(C)C)cc(-c2nccs2)c1OCC1CCC(CNC)N1. The van der Waals surface area contributed by atoms with Crippen LogP contribution in [0.4, 0.5) is 5.69 Å². The smallest absolute Gasteiger partial charge is 0.155 e. The fourth-order valence-electron chi connectivity index (χ4n) is 3.54. The summed E-state index contributed by atoms with van der Waals surface area (Å²) in [5.74, 6) is 0.779. The quantitative estimate of drug-likeness (QED) is 0.648. The van der Waals surface area contributed by atoms with E-state index in [1.54, 1.807) is 11.3 Å². The zero-order valence-electron chi connectivity index (χ0n) is 16.4. The lowest BCUT2D eigenvalue weighted by molar-refractivity contribution is 0.275. The molecule has 1 saturated heterocycles. The monoisotopic (exact) mass is 387 g/mol. The Kier molecular flexibility index (Phi) is 6.95. The van der Waals surface area contributed by atoms with Gasteiger partial charge in [0.1, 0.15) is 17.3 Å². The van der Waals surface area contributed by atoms with E-state index >= 15 is 0 Å². The van der Waals surface area contributed by atoms with Crippen molar-refractivity contribution in [3.05, 3.63) is 29.3 Å². The van der Waals surface area contributed by atoms with Gasteiger partial charge in [0.2, 0.25) is 0 Å². The minimum absolute atomic E-state index is 0.353. The van der Waals surface area contributed by atoms with Crippen molar-refractivity contribution in [3.8, 4) is 16.3 Å². The number of aliphatic imine (C=N–C) groups is 1. The third kappa shape index (κ3) is 5.13. The molecule has 27 heavy (non-hydrogen) atoms. The molecule has 146 valence electrons. The molecule has 6 nitrogen and oxygen atoms in total. The highest BCUT2D eigenvalue weighted by molar-refractivity contribution is 7.13. The van der Waals surface area contributed by atoms with Gasteiger partial charge in [0, 0.05) is 36.8 Å². The van der Waals surface area contributed by atoms with Crippen LogP contribution in [0.2, 0.25) is 0 Å². The van der Waals surface area contributed by atoms with E-state index in [0.717, 1.165) is 41.5 Å². The van der Waals surface area contributed by atoms with Gasteiger partial charge in [-0.2, -0.15) is 0 Å². The lowest BCUT2D eigenvalue weighted by Crippen LogP contribution is -2.38. The molecule has 2 heterocycles. The van der Waals surface area contributed by atoms with Crippen LogP contribution in [0.1, 0.15) is 18.4 Å². The van der Waals surface area contributed by atoms with Gasteiger partial charge in [-0.1, -0.05) is 0 Å². The van der Waals surface area contributed by atoms with Gasteiger partial charge < -0.3 is 20.3 Å². The Morgan fingerprint density at radius 1 is 1.37 bits per heavy atom. The molecule has 1 aromatic heterocycles. The number of likely N-dealkylation sites (N-methyl/N-ethyl adjacent to an activating group) is 1. The first kappa shape index (κ1) is 19.9. The fourth-order valence-corrected chi connectivity index (χ4v) is 4.19. The normalized spacial score (nSPS) is 19.6. The molecular formula is C20H29N5OS. The van der Waals surface area contributed by atoms with Crippen LogP contribution >= 0.6 is 11.3 Å². The molecule has 0 aliphatic carbocycles. The van der Waals surface area contributed by atoms with E-state index in [2.05, 4.69) is 58.5 Å². The van der Waals surface area contributed by atoms with Gasteiger partial charge in [-0.25, -0.2) is 4.98 Å². The Morgan fingerprint density at radius 3 is 2.85 bits per heavy atom. The van der Waals surface area contributed by atoms with E-state index in [9.17, 15) is 0 Å². The molecule has 2 N–H and O–H groups in total. The minimum Gasteiger partial charge on any atom is -0.489 e. The van der Waals surface area contributed by atoms with Gasteiger partial charge in [0.05, 0.1) is 5.56 Å². The van der Waals surface area contributed by atoms with E-state index in [-0.39, 0.29) is 0 Å². The molecule has 1 aliphatic rings. The van der Waals surface area contributed by atoms with Crippen LogP contribution in [0, 0.1) is 0 Å². The van der Waals surface area contributed by atoms with Gasteiger partial charge in [0.25, 0.3) is 0 Å². The summed E-state index contributed by atoms with van der Waals surface area (Å²) in [5, 5.41) is 9.80. The van der Waals surface area contributed by atoms with Gasteiger partial charge >= 0.3 is 0 Å². The lowest BCUT2D eigenvalue weighted by atomic mass is 10.1. The minimum atomic E-state index is 0.353. The topological polar surface area (TPSA) is 61.8 Å². The zero-order chi connectivity index (χ0) is 19.2. The first-order chi connectivity index (χ1) is 13.1. The summed E-state index contributed by atoms with van der Waals surface area (Å²) in [7, 11) is 6.10. The Hall–Kier alpha value is -1.80. The second-order valence-electron chi connectivity index (χ2n) is 7.23. The summed E-state index contributed by atoms with van der Waals surface area (Å²) < 4.78 is 6.29. The number of aromatic nitrogens is 1. The molecular weight excluding hydrogens is 358 g/mol. The van der Waals surface area contributed by atoms with E-state index in [1.807, 2.05) is 18.6 Å². The first-order valence-electron chi connectivity index (χ1n) is 9.32. The van der Waals surface area contributed by atoms with Crippen molar-refractivity contribution >= 4 is 23.7 Å². The van der Waals surface area contributed by atoms with Gasteiger partial charge in [-0.15, -0.1) is 11.3 Å². The predicted molar refractivity (Wildman–Crippen MR) is 114 cm³/mol. The molecule has 2 atom stereocenters. The van der Waals surface area contributed by atoms with Crippen LogP contribution in [0.25, 0.3) is 10.6 Å². The van der Waals surface area contributed by atoms with Crippen molar-refractivity contribution in [3.63, 3.8) is 0 Å². The molecule has 0 bridgehead atoms. The Labute approximate surface area is 165 Å². The molecule has 1 aliphatic heterocycles. The highest BCUT2D eigenvalue weighted by atomic mass is 32.1. The van der Waals surface area contributed by atoms with Crippen LogP contribution in [0.3, 0.4) is 0 Å². The predicted octanol–water partition coefficient (Wildman–Crippen LogP) is 2.92. The van der Waals surface area contributed by atoms with Crippen LogP contribution in [-0.2, 0) is 6.54 Å². The Morgan fingerprint density at radius 2 is 2.19 bits per heavy atom. The number of thiazole rings is 1.